The number of rotatable bonds is 6. The second kappa shape index (κ2) is 9.65. The van der Waals surface area contributed by atoms with Crippen molar-refractivity contribution in [2.75, 3.05) is 13.7 Å². The molecule has 1 aliphatic rings. The Balaban J connectivity index is 1.69. The number of benzene rings is 2. The van der Waals surface area contributed by atoms with Crippen LogP contribution in [0.15, 0.2) is 60.8 Å². The monoisotopic (exact) mass is 434 g/mol. The zero-order chi connectivity index (χ0) is 22.5. The molecule has 0 saturated carbocycles. The molecule has 2 aromatic carbocycles. The molecule has 8 heteroatoms. The highest BCUT2D eigenvalue weighted by atomic mass is 16.5. The van der Waals surface area contributed by atoms with Crippen molar-refractivity contribution in [3.63, 3.8) is 0 Å². The Labute approximate surface area is 185 Å². The molecule has 0 aliphatic carbocycles. The first-order valence-electron chi connectivity index (χ1n) is 10.6. The number of H-pyrrole nitrogens is 1. The first-order valence-corrected chi connectivity index (χ1v) is 10.6. The molecule has 0 radical (unpaired) electrons. The maximum Gasteiger partial charge on any atom is 0.331 e. The third-order valence-corrected chi connectivity index (χ3v) is 5.72. The largest absolute Gasteiger partial charge is 0.467 e. The van der Waals surface area contributed by atoms with E-state index in [0.717, 1.165) is 34.4 Å². The fourth-order valence-electron chi connectivity index (χ4n) is 4.02. The van der Waals surface area contributed by atoms with Gasteiger partial charge in [-0.15, -0.1) is 0 Å². The van der Waals surface area contributed by atoms with Crippen LogP contribution in [0.1, 0.15) is 28.8 Å². The van der Waals surface area contributed by atoms with E-state index in [4.69, 9.17) is 4.74 Å². The van der Waals surface area contributed by atoms with Gasteiger partial charge in [-0.25, -0.2) is 9.80 Å². The molecule has 32 heavy (non-hydrogen) atoms. The summed E-state index contributed by atoms with van der Waals surface area (Å²) in [5.74, 6) is -1.44. The molecule has 8 nitrogen and oxygen atoms in total. The Bertz CT molecular complexity index is 1110. The van der Waals surface area contributed by atoms with Crippen LogP contribution in [0.2, 0.25) is 0 Å². The smallest absolute Gasteiger partial charge is 0.331 e. The molecule has 0 spiro atoms. The van der Waals surface area contributed by atoms with Crippen LogP contribution in [0.4, 0.5) is 0 Å². The summed E-state index contributed by atoms with van der Waals surface area (Å²) in [7, 11) is 1.27. The van der Waals surface area contributed by atoms with E-state index in [1.807, 2.05) is 30.5 Å². The molecular formula is C24H26N4O4. The van der Waals surface area contributed by atoms with Crippen molar-refractivity contribution in [1.29, 1.82) is 0 Å². The number of ether oxygens (including phenoxy) is 1. The number of aromatic amines is 1. The van der Waals surface area contributed by atoms with Crippen molar-refractivity contribution >= 4 is 28.7 Å². The topological polar surface area (TPSA) is 104 Å². The number of nitrogens with zero attached hydrogens (tertiary/aromatic N) is 1. The Morgan fingerprint density at radius 3 is 2.59 bits per heavy atom. The van der Waals surface area contributed by atoms with Crippen LogP contribution in [0, 0.1) is 0 Å². The molecule has 1 fully saturated rings. The van der Waals surface area contributed by atoms with Crippen LogP contribution in [-0.4, -0.2) is 53.5 Å². The molecule has 2 atom stereocenters. The number of esters is 1. The van der Waals surface area contributed by atoms with Crippen molar-refractivity contribution in [3.8, 4) is 0 Å². The first-order chi connectivity index (χ1) is 15.6. The summed E-state index contributed by atoms with van der Waals surface area (Å²) in [6.07, 6.45) is 3.53. The fraction of sp³-hybridized carbons (Fsp3) is 0.292. The van der Waals surface area contributed by atoms with Gasteiger partial charge in [0, 0.05) is 29.1 Å². The van der Waals surface area contributed by atoms with Crippen molar-refractivity contribution < 1.29 is 19.1 Å². The van der Waals surface area contributed by atoms with Crippen LogP contribution in [-0.2, 0) is 20.7 Å². The number of carbonyl (C=O) groups excluding carboxylic acids is 3. The average Bonchev–Trinajstić information content (AvgIpc) is 3.51. The standard InChI is InChI=1S/C24H26N4O4/c1-32-24(31)21(14-17-15-26-19-11-6-5-10-18(17)19)28(23(30)16-8-3-2-4-9-16)27-22(29)20-12-7-13-25-20/h2-6,8-11,15,20-21,25-26H,7,12-14H2,1H3,(H,27,29)/t20-,21-/m0/s1. The summed E-state index contributed by atoms with van der Waals surface area (Å²) in [4.78, 5) is 42.4. The molecule has 166 valence electrons. The number of hydrogen-bond acceptors (Lipinski definition) is 5. The second-order valence-corrected chi connectivity index (χ2v) is 7.77. The number of amides is 2. The van der Waals surface area contributed by atoms with Crippen molar-refractivity contribution in [2.45, 2.75) is 31.3 Å². The number of fused-ring (bicyclic) bond motifs is 1. The van der Waals surface area contributed by atoms with Gasteiger partial charge in [-0.1, -0.05) is 36.4 Å². The molecule has 3 N–H and O–H groups in total. The lowest BCUT2D eigenvalue weighted by molar-refractivity contribution is -0.148. The van der Waals surface area contributed by atoms with E-state index < -0.39 is 24.0 Å². The lowest BCUT2D eigenvalue weighted by Crippen LogP contribution is -2.58. The van der Waals surface area contributed by atoms with E-state index in [9.17, 15) is 14.4 Å². The number of carbonyl (C=O) groups is 3. The average molecular weight is 434 g/mol. The predicted molar refractivity (Wildman–Crippen MR) is 120 cm³/mol. The van der Waals surface area contributed by atoms with E-state index in [2.05, 4.69) is 15.7 Å². The number of methoxy groups -OCH3 is 1. The zero-order valence-electron chi connectivity index (χ0n) is 17.8. The van der Waals surface area contributed by atoms with E-state index in [0.29, 0.717) is 12.0 Å². The summed E-state index contributed by atoms with van der Waals surface area (Å²) >= 11 is 0. The van der Waals surface area contributed by atoms with Gasteiger partial charge in [0.05, 0.1) is 13.2 Å². The van der Waals surface area contributed by atoms with Crippen LogP contribution < -0.4 is 10.7 Å². The molecule has 4 rings (SSSR count). The van der Waals surface area contributed by atoms with Gasteiger partial charge in [0.15, 0.2) is 6.04 Å². The number of aromatic nitrogens is 1. The minimum Gasteiger partial charge on any atom is -0.467 e. The Morgan fingerprint density at radius 2 is 1.88 bits per heavy atom. The van der Waals surface area contributed by atoms with Gasteiger partial charge in [0.2, 0.25) is 0 Å². The van der Waals surface area contributed by atoms with Gasteiger partial charge in [0.25, 0.3) is 11.8 Å². The summed E-state index contributed by atoms with van der Waals surface area (Å²) < 4.78 is 5.04. The van der Waals surface area contributed by atoms with Crippen molar-refractivity contribution in [1.82, 2.24) is 20.7 Å². The van der Waals surface area contributed by atoms with Gasteiger partial charge in [-0.2, -0.15) is 0 Å². The highest BCUT2D eigenvalue weighted by Gasteiger charge is 2.35. The van der Waals surface area contributed by atoms with Crippen molar-refractivity contribution in [3.05, 3.63) is 71.9 Å². The van der Waals surface area contributed by atoms with Gasteiger partial charge < -0.3 is 15.0 Å². The lowest BCUT2D eigenvalue weighted by Gasteiger charge is -2.31. The van der Waals surface area contributed by atoms with Crippen LogP contribution in [0.3, 0.4) is 0 Å². The first kappa shape index (κ1) is 21.6. The summed E-state index contributed by atoms with van der Waals surface area (Å²) in [5, 5.41) is 5.18. The number of nitrogens with one attached hydrogen (secondary N) is 3. The van der Waals surface area contributed by atoms with E-state index in [1.165, 1.54) is 7.11 Å². The van der Waals surface area contributed by atoms with Crippen molar-refractivity contribution in [2.24, 2.45) is 0 Å². The molecule has 3 aromatic rings. The van der Waals surface area contributed by atoms with E-state index in [-0.39, 0.29) is 12.3 Å². The Morgan fingerprint density at radius 1 is 1.12 bits per heavy atom. The predicted octanol–water partition coefficient (Wildman–Crippen LogP) is 2.18. The SMILES string of the molecule is COC(=O)[C@H](Cc1c[nH]c2ccccc12)N(NC(=O)[C@@H]1CCCN1)C(=O)c1ccccc1. The van der Waals surface area contributed by atoms with Crippen LogP contribution in [0.5, 0.6) is 0 Å². The molecule has 1 saturated heterocycles. The molecule has 0 bridgehead atoms. The Kier molecular flexibility index (Phi) is 6.51. The summed E-state index contributed by atoms with van der Waals surface area (Å²) in [5.41, 5.74) is 4.83. The highest BCUT2D eigenvalue weighted by Crippen LogP contribution is 2.22. The van der Waals surface area contributed by atoms with Crippen LogP contribution >= 0.6 is 0 Å². The van der Waals surface area contributed by atoms with Gasteiger partial charge in [-0.05, 0) is 43.1 Å². The quantitative estimate of drug-likeness (QED) is 0.408. The van der Waals surface area contributed by atoms with E-state index >= 15 is 0 Å². The number of para-hydroxylation sites is 1. The molecule has 1 aromatic heterocycles. The molecule has 1 aliphatic heterocycles. The minimum atomic E-state index is -1.04. The third kappa shape index (κ3) is 4.50. The lowest BCUT2D eigenvalue weighted by atomic mass is 10.0. The number of hydrogen-bond donors (Lipinski definition) is 3. The number of hydrazine groups is 1. The summed E-state index contributed by atoms with van der Waals surface area (Å²) in [6, 6.07) is 14.8. The van der Waals surface area contributed by atoms with Gasteiger partial charge in [0.1, 0.15) is 0 Å². The van der Waals surface area contributed by atoms with Gasteiger partial charge >= 0.3 is 5.97 Å². The normalized spacial score (nSPS) is 16.5. The highest BCUT2D eigenvalue weighted by molar-refractivity contribution is 5.98. The fourth-order valence-corrected chi connectivity index (χ4v) is 4.02. The molecule has 2 amide bonds. The van der Waals surface area contributed by atoms with E-state index in [1.54, 1.807) is 30.3 Å². The maximum atomic E-state index is 13.4. The molecule has 0 unspecified atom stereocenters. The zero-order valence-corrected chi connectivity index (χ0v) is 17.8. The molecular weight excluding hydrogens is 408 g/mol. The second-order valence-electron chi connectivity index (χ2n) is 7.77. The van der Waals surface area contributed by atoms with Crippen LogP contribution in [0.25, 0.3) is 10.9 Å². The third-order valence-electron chi connectivity index (χ3n) is 5.72. The summed E-state index contributed by atoms with van der Waals surface area (Å²) in [6.45, 7) is 0.737. The maximum absolute atomic E-state index is 13.4. The van der Waals surface area contributed by atoms with Gasteiger partial charge in [-0.3, -0.25) is 15.0 Å². The Hall–Kier alpha value is -3.65. The molecule has 2 heterocycles. The minimum absolute atomic E-state index is 0.174.